The van der Waals surface area contributed by atoms with Gasteiger partial charge in [0.1, 0.15) is 0 Å². The molecule has 3 N–H and O–H groups in total. The summed E-state index contributed by atoms with van der Waals surface area (Å²) in [7, 11) is -3.57. The number of sulfonamides is 1. The third kappa shape index (κ3) is 6.76. The predicted molar refractivity (Wildman–Crippen MR) is 125 cm³/mol. The van der Waals surface area contributed by atoms with Gasteiger partial charge in [0.05, 0.1) is 10.1 Å². The Labute approximate surface area is 189 Å². The third-order valence-electron chi connectivity index (χ3n) is 3.90. The number of aromatic nitrogens is 2. The first-order valence-electron chi connectivity index (χ1n) is 9.48. The molecule has 3 aromatic rings. The maximum atomic E-state index is 12.5. The van der Waals surface area contributed by atoms with Gasteiger partial charge < -0.3 is 10.6 Å². The molecule has 0 aliphatic heterocycles. The minimum absolute atomic E-state index is 0.147. The lowest BCUT2D eigenvalue weighted by Crippen LogP contribution is -2.30. The van der Waals surface area contributed by atoms with Crippen LogP contribution >= 0.6 is 23.1 Å². The summed E-state index contributed by atoms with van der Waals surface area (Å²) in [4.78, 5) is 12.7. The van der Waals surface area contributed by atoms with Crippen molar-refractivity contribution in [1.29, 1.82) is 0 Å². The number of nitrogens with zero attached hydrogens (tertiary/aromatic N) is 2. The molecule has 1 heterocycles. The van der Waals surface area contributed by atoms with Gasteiger partial charge in [0.2, 0.25) is 21.1 Å². The second-order valence-corrected chi connectivity index (χ2v) is 11.2. The zero-order valence-electron chi connectivity index (χ0n) is 17.2. The number of benzene rings is 2. The standard InChI is InChI=1S/C20H23N5O3S3/c1-13(2)25-31(27,28)17-11-9-16(10-12-17)21-18(26)14(3)29-20-24-23-19(30-20)22-15-7-5-4-6-8-15/h4-14,25H,1-3H3,(H,21,26)(H,22,23). The molecular weight excluding hydrogens is 454 g/mol. The van der Waals surface area contributed by atoms with Crippen molar-refractivity contribution >= 4 is 55.5 Å². The Morgan fingerprint density at radius 3 is 2.29 bits per heavy atom. The van der Waals surface area contributed by atoms with Crippen LogP contribution in [0.4, 0.5) is 16.5 Å². The number of rotatable bonds is 9. The van der Waals surface area contributed by atoms with E-state index in [4.69, 9.17) is 0 Å². The molecule has 0 aliphatic rings. The van der Waals surface area contributed by atoms with Gasteiger partial charge in [0.15, 0.2) is 4.34 Å². The Balaban J connectivity index is 1.56. The maximum absolute atomic E-state index is 12.5. The first kappa shape index (κ1) is 23.2. The molecule has 2 aromatic carbocycles. The van der Waals surface area contributed by atoms with E-state index in [-0.39, 0.29) is 16.8 Å². The van der Waals surface area contributed by atoms with E-state index in [9.17, 15) is 13.2 Å². The molecule has 1 atom stereocenters. The second kappa shape index (κ2) is 10.2. The van der Waals surface area contributed by atoms with Crippen LogP contribution in [0, 0.1) is 0 Å². The quantitative estimate of drug-likeness (QED) is 0.398. The van der Waals surface area contributed by atoms with Crippen molar-refractivity contribution in [2.45, 2.75) is 41.3 Å². The van der Waals surface area contributed by atoms with E-state index in [1.807, 2.05) is 30.3 Å². The summed E-state index contributed by atoms with van der Waals surface area (Å²) in [6, 6.07) is 15.5. The molecule has 0 radical (unpaired) electrons. The molecule has 0 aliphatic carbocycles. The molecular formula is C20H23N5O3S3. The monoisotopic (exact) mass is 477 g/mol. The van der Waals surface area contributed by atoms with Crippen LogP contribution < -0.4 is 15.4 Å². The topological polar surface area (TPSA) is 113 Å². The highest BCUT2D eigenvalue weighted by atomic mass is 32.2. The lowest BCUT2D eigenvalue weighted by Gasteiger charge is -2.12. The summed E-state index contributed by atoms with van der Waals surface area (Å²) < 4.78 is 27.6. The Morgan fingerprint density at radius 1 is 0.968 bits per heavy atom. The Morgan fingerprint density at radius 2 is 1.65 bits per heavy atom. The highest BCUT2D eigenvalue weighted by Gasteiger charge is 2.19. The van der Waals surface area contributed by atoms with Crippen molar-refractivity contribution in [3.63, 3.8) is 0 Å². The van der Waals surface area contributed by atoms with Crippen LogP contribution in [0.5, 0.6) is 0 Å². The van der Waals surface area contributed by atoms with Gasteiger partial charge in [-0.1, -0.05) is 41.3 Å². The average molecular weight is 478 g/mol. The van der Waals surface area contributed by atoms with E-state index in [1.54, 1.807) is 32.9 Å². The number of amides is 1. The van der Waals surface area contributed by atoms with Crippen LogP contribution in [0.3, 0.4) is 0 Å². The van der Waals surface area contributed by atoms with Crippen molar-refractivity contribution in [2.24, 2.45) is 0 Å². The van der Waals surface area contributed by atoms with Crippen LogP contribution in [0.2, 0.25) is 0 Å². The molecule has 0 saturated heterocycles. The summed E-state index contributed by atoms with van der Waals surface area (Å²) in [6.07, 6.45) is 0. The fourth-order valence-corrected chi connectivity index (χ4v) is 5.66. The Bertz CT molecular complexity index is 1120. The minimum atomic E-state index is -3.57. The van der Waals surface area contributed by atoms with Crippen molar-refractivity contribution in [1.82, 2.24) is 14.9 Å². The van der Waals surface area contributed by atoms with E-state index < -0.39 is 15.3 Å². The Hall–Kier alpha value is -2.47. The van der Waals surface area contributed by atoms with Crippen molar-refractivity contribution in [2.75, 3.05) is 10.6 Å². The first-order valence-corrected chi connectivity index (χ1v) is 12.7. The van der Waals surface area contributed by atoms with E-state index in [0.717, 1.165) is 5.69 Å². The van der Waals surface area contributed by atoms with Crippen molar-refractivity contribution in [3.05, 3.63) is 54.6 Å². The van der Waals surface area contributed by atoms with Gasteiger partial charge in [0, 0.05) is 17.4 Å². The fourth-order valence-electron chi connectivity index (χ4n) is 2.50. The Kier molecular flexibility index (Phi) is 7.65. The maximum Gasteiger partial charge on any atom is 0.240 e. The number of carbonyl (C=O) groups excluding carboxylic acids is 1. The van der Waals surface area contributed by atoms with E-state index in [1.165, 1.54) is 35.2 Å². The highest BCUT2D eigenvalue weighted by molar-refractivity contribution is 8.02. The molecule has 164 valence electrons. The fraction of sp³-hybridized carbons (Fsp3) is 0.250. The van der Waals surface area contributed by atoms with Gasteiger partial charge in [-0.25, -0.2) is 13.1 Å². The second-order valence-electron chi connectivity index (χ2n) is 6.91. The molecule has 1 amide bonds. The van der Waals surface area contributed by atoms with Gasteiger partial charge in [-0.2, -0.15) is 0 Å². The SMILES string of the molecule is CC(C)NS(=O)(=O)c1ccc(NC(=O)C(C)Sc2nnc(Nc3ccccc3)s2)cc1. The minimum Gasteiger partial charge on any atom is -0.330 e. The molecule has 3 rings (SSSR count). The van der Waals surface area contributed by atoms with Crippen LogP contribution in [0.15, 0.2) is 63.8 Å². The lowest BCUT2D eigenvalue weighted by atomic mass is 10.3. The zero-order valence-corrected chi connectivity index (χ0v) is 19.6. The predicted octanol–water partition coefficient (Wildman–Crippen LogP) is 4.09. The van der Waals surface area contributed by atoms with Crippen molar-refractivity contribution in [3.8, 4) is 0 Å². The molecule has 1 unspecified atom stereocenters. The van der Waals surface area contributed by atoms with Gasteiger partial charge in [-0.05, 0) is 57.2 Å². The largest absolute Gasteiger partial charge is 0.330 e. The zero-order chi connectivity index (χ0) is 22.4. The number of nitrogens with one attached hydrogen (secondary N) is 3. The smallest absolute Gasteiger partial charge is 0.240 e. The number of carbonyl (C=O) groups is 1. The van der Waals surface area contributed by atoms with E-state index in [0.29, 0.717) is 15.2 Å². The summed E-state index contributed by atoms with van der Waals surface area (Å²) in [5.41, 5.74) is 1.43. The van der Waals surface area contributed by atoms with Gasteiger partial charge >= 0.3 is 0 Å². The lowest BCUT2D eigenvalue weighted by molar-refractivity contribution is -0.115. The molecule has 31 heavy (non-hydrogen) atoms. The normalized spacial score (nSPS) is 12.5. The summed E-state index contributed by atoms with van der Waals surface area (Å²) in [6.45, 7) is 5.28. The van der Waals surface area contributed by atoms with E-state index in [2.05, 4.69) is 25.6 Å². The molecule has 0 fully saturated rings. The van der Waals surface area contributed by atoms with Crippen LogP contribution in [-0.2, 0) is 14.8 Å². The molecule has 1 aromatic heterocycles. The summed E-state index contributed by atoms with van der Waals surface area (Å²) >= 11 is 2.67. The van der Waals surface area contributed by atoms with Gasteiger partial charge in [-0.3, -0.25) is 4.79 Å². The number of hydrogen-bond donors (Lipinski definition) is 3. The van der Waals surface area contributed by atoms with Crippen LogP contribution in [0.25, 0.3) is 0 Å². The number of anilines is 3. The third-order valence-corrected chi connectivity index (χ3v) is 7.60. The van der Waals surface area contributed by atoms with Crippen LogP contribution in [0.1, 0.15) is 20.8 Å². The highest BCUT2D eigenvalue weighted by Crippen LogP contribution is 2.30. The van der Waals surface area contributed by atoms with E-state index >= 15 is 0 Å². The number of thioether (sulfide) groups is 1. The molecule has 0 spiro atoms. The molecule has 11 heteroatoms. The molecule has 8 nitrogen and oxygen atoms in total. The number of para-hydroxylation sites is 1. The first-order chi connectivity index (χ1) is 14.7. The van der Waals surface area contributed by atoms with Crippen LogP contribution in [-0.4, -0.2) is 35.8 Å². The van der Waals surface area contributed by atoms with Gasteiger partial charge in [0.25, 0.3) is 0 Å². The summed E-state index contributed by atoms with van der Waals surface area (Å²) in [5.74, 6) is -0.214. The molecule has 0 bridgehead atoms. The summed E-state index contributed by atoms with van der Waals surface area (Å²) in [5, 5.41) is 14.4. The van der Waals surface area contributed by atoms with Crippen molar-refractivity contribution < 1.29 is 13.2 Å². The van der Waals surface area contributed by atoms with Gasteiger partial charge in [-0.15, -0.1) is 10.2 Å². The number of hydrogen-bond acceptors (Lipinski definition) is 8. The molecule has 0 saturated carbocycles. The average Bonchev–Trinajstić information content (AvgIpc) is 3.15.